The Morgan fingerprint density at radius 3 is 2.82 bits per heavy atom. The van der Waals surface area contributed by atoms with Gasteiger partial charge in [-0.1, -0.05) is 6.92 Å². The van der Waals surface area contributed by atoms with Crippen LogP contribution in [0.2, 0.25) is 0 Å². The van der Waals surface area contributed by atoms with Crippen LogP contribution >= 0.6 is 0 Å². The van der Waals surface area contributed by atoms with Crippen molar-refractivity contribution in [1.29, 1.82) is 0 Å². The maximum Gasteiger partial charge on any atom is 0.346 e. The lowest BCUT2D eigenvalue weighted by Crippen LogP contribution is -2.47. The SMILES string of the molecule is CCc1nn([C@@H]2CCOC2)c(=O)n1C1CNC1. The highest BCUT2D eigenvalue weighted by molar-refractivity contribution is 4.96. The average molecular weight is 238 g/mol. The van der Waals surface area contributed by atoms with E-state index < -0.39 is 0 Å². The Hall–Kier alpha value is -1.14. The fraction of sp³-hybridized carbons (Fsp3) is 0.818. The summed E-state index contributed by atoms with van der Waals surface area (Å²) in [6.45, 7) is 5.14. The van der Waals surface area contributed by atoms with Gasteiger partial charge in [0, 0.05) is 26.1 Å². The third-order valence-corrected chi connectivity index (χ3v) is 3.60. The summed E-state index contributed by atoms with van der Waals surface area (Å²) in [6.07, 6.45) is 1.69. The first-order valence-corrected chi connectivity index (χ1v) is 6.29. The van der Waals surface area contributed by atoms with Crippen LogP contribution in [0, 0.1) is 0 Å². The predicted molar refractivity (Wildman–Crippen MR) is 62.2 cm³/mol. The van der Waals surface area contributed by atoms with Crippen molar-refractivity contribution in [1.82, 2.24) is 19.7 Å². The number of hydrogen-bond donors (Lipinski definition) is 1. The molecule has 0 radical (unpaired) electrons. The maximum atomic E-state index is 12.4. The van der Waals surface area contributed by atoms with E-state index in [1.807, 2.05) is 11.5 Å². The minimum atomic E-state index is 0.0313. The Morgan fingerprint density at radius 2 is 2.29 bits per heavy atom. The Morgan fingerprint density at radius 1 is 1.47 bits per heavy atom. The highest BCUT2D eigenvalue weighted by atomic mass is 16.5. The van der Waals surface area contributed by atoms with Crippen molar-refractivity contribution >= 4 is 0 Å². The van der Waals surface area contributed by atoms with Crippen molar-refractivity contribution in [3.63, 3.8) is 0 Å². The molecule has 1 aromatic heterocycles. The zero-order chi connectivity index (χ0) is 11.8. The predicted octanol–water partition coefficient (Wildman–Crippen LogP) is -0.287. The second-order valence-corrected chi connectivity index (χ2v) is 4.70. The van der Waals surface area contributed by atoms with Gasteiger partial charge in [0.05, 0.1) is 18.7 Å². The van der Waals surface area contributed by atoms with Gasteiger partial charge in [-0.15, -0.1) is 0 Å². The molecule has 94 valence electrons. The second-order valence-electron chi connectivity index (χ2n) is 4.70. The Labute approximate surface area is 99.6 Å². The third-order valence-electron chi connectivity index (χ3n) is 3.60. The molecule has 0 unspecified atom stereocenters. The lowest BCUT2D eigenvalue weighted by molar-refractivity contribution is 0.183. The van der Waals surface area contributed by atoms with Gasteiger partial charge in [0.25, 0.3) is 0 Å². The molecule has 1 N–H and O–H groups in total. The highest BCUT2D eigenvalue weighted by Gasteiger charge is 2.28. The van der Waals surface area contributed by atoms with Gasteiger partial charge in [-0.05, 0) is 6.42 Å². The molecule has 0 aromatic carbocycles. The van der Waals surface area contributed by atoms with Gasteiger partial charge in [0.2, 0.25) is 0 Å². The van der Waals surface area contributed by atoms with Crippen LogP contribution in [0.4, 0.5) is 0 Å². The molecule has 1 aromatic rings. The van der Waals surface area contributed by atoms with Crippen molar-refractivity contribution in [3.8, 4) is 0 Å². The molecule has 0 amide bonds. The van der Waals surface area contributed by atoms with E-state index in [2.05, 4.69) is 10.4 Å². The second kappa shape index (κ2) is 4.27. The smallest absolute Gasteiger partial charge is 0.346 e. The number of aryl methyl sites for hydroxylation is 1. The number of rotatable bonds is 3. The maximum absolute atomic E-state index is 12.4. The molecule has 0 saturated carbocycles. The summed E-state index contributed by atoms with van der Waals surface area (Å²) in [5.74, 6) is 0.897. The van der Waals surface area contributed by atoms with Gasteiger partial charge in [-0.3, -0.25) is 4.57 Å². The molecule has 2 fully saturated rings. The standard InChI is InChI=1S/C11H18N4O2/c1-2-10-13-15(8-3-4-17-7-8)11(16)14(10)9-5-12-6-9/h8-9,12H,2-7H2,1H3/t8-/m1/s1. The van der Waals surface area contributed by atoms with Crippen molar-refractivity contribution in [2.45, 2.75) is 31.8 Å². The number of ether oxygens (including phenoxy) is 1. The minimum absolute atomic E-state index is 0.0313. The van der Waals surface area contributed by atoms with E-state index in [0.717, 1.165) is 38.4 Å². The van der Waals surface area contributed by atoms with Gasteiger partial charge in [0.15, 0.2) is 0 Å². The highest BCUT2D eigenvalue weighted by Crippen LogP contribution is 2.18. The zero-order valence-electron chi connectivity index (χ0n) is 10.1. The van der Waals surface area contributed by atoms with Gasteiger partial charge in [-0.25, -0.2) is 9.48 Å². The van der Waals surface area contributed by atoms with E-state index in [4.69, 9.17) is 4.74 Å². The van der Waals surface area contributed by atoms with Crippen molar-refractivity contribution in [3.05, 3.63) is 16.3 Å². The molecule has 1 atom stereocenters. The van der Waals surface area contributed by atoms with Crippen LogP contribution in [-0.2, 0) is 11.2 Å². The number of nitrogens with zero attached hydrogens (tertiary/aromatic N) is 3. The quantitative estimate of drug-likeness (QED) is 0.786. The monoisotopic (exact) mass is 238 g/mol. The normalized spacial score (nSPS) is 25.1. The zero-order valence-corrected chi connectivity index (χ0v) is 10.1. The van der Waals surface area contributed by atoms with E-state index in [0.29, 0.717) is 6.61 Å². The first-order chi connectivity index (χ1) is 8.31. The van der Waals surface area contributed by atoms with Crippen molar-refractivity contribution < 1.29 is 4.74 Å². The fourth-order valence-corrected chi connectivity index (χ4v) is 2.45. The van der Waals surface area contributed by atoms with Gasteiger partial charge in [0.1, 0.15) is 5.82 Å². The lowest BCUT2D eigenvalue weighted by Gasteiger charge is -2.28. The van der Waals surface area contributed by atoms with E-state index in [9.17, 15) is 4.79 Å². The van der Waals surface area contributed by atoms with Crippen LogP contribution in [0.15, 0.2) is 4.79 Å². The third kappa shape index (κ3) is 1.71. The molecule has 0 bridgehead atoms. The van der Waals surface area contributed by atoms with E-state index in [1.165, 1.54) is 0 Å². The first kappa shape index (κ1) is 11.0. The van der Waals surface area contributed by atoms with E-state index in [-0.39, 0.29) is 17.8 Å². The molecule has 6 nitrogen and oxygen atoms in total. The Kier molecular flexibility index (Phi) is 2.76. The summed E-state index contributed by atoms with van der Waals surface area (Å²) < 4.78 is 8.81. The van der Waals surface area contributed by atoms with E-state index in [1.54, 1.807) is 4.68 Å². The summed E-state index contributed by atoms with van der Waals surface area (Å²) >= 11 is 0. The number of aromatic nitrogens is 3. The fourth-order valence-electron chi connectivity index (χ4n) is 2.45. The Balaban J connectivity index is 1.99. The lowest BCUT2D eigenvalue weighted by atomic mass is 10.2. The molecule has 2 saturated heterocycles. The van der Waals surface area contributed by atoms with Crippen LogP contribution in [0.5, 0.6) is 0 Å². The molecule has 0 aliphatic carbocycles. The van der Waals surface area contributed by atoms with Gasteiger partial charge in [-0.2, -0.15) is 5.10 Å². The van der Waals surface area contributed by atoms with Crippen LogP contribution < -0.4 is 11.0 Å². The summed E-state index contributed by atoms with van der Waals surface area (Å²) in [5, 5.41) is 7.67. The molecular weight excluding hydrogens is 220 g/mol. The molecule has 3 rings (SSSR count). The topological polar surface area (TPSA) is 61.1 Å². The molecule has 2 aliphatic heterocycles. The molecule has 3 heterocycles. The molecule has 6 heteroatoms. The van der Waals surface area contributed by atoms with Crippen LogP contribution in [-0.4, -0.2) is 40.7 Å². The number of nitrogens with one attached hydrogen (secondary N) is 1. The molecule has 17 heavy (non-hydrogen) atoms. The minimum Gasteiger partial charge on any atom is -0.379 e. The van der Waals surface area contributed by atoms with Crippen LogP contribution in [0.3, 0.4) is 0 Å². The summed E-state index contributed by atoms with van der Waals surface area (Å²) in [6, 6.07) is 0.413. The Bertz CT molecular complexity index is 455. The van der Waals surface area contributed by atoms with Crippen LogP contribution in [0.25, 0.3) is 0 Å². The average Bonchev–Trinajstić information content (AvgIpc) is 2.86. The van der Waals surface area contributed by atoms with Gasteiger partial charge >= 0.3 is 5.69 Å². The number of hydrogen-bond acceptors (Lipinski definition) is 4. The first-order valence-electron chi connectivity index (χ1n) is 6.29. The summed E-state index contributed by atoms with van der Waals surface area (Å²) in [4.78, 5) is 12.4. The molecular formula is C11H18N4O2. The summed E-state index contributed by atoms with van der Waals surface area (Å²) in [7, 11) is 0. The van der Waals surface area contributed by atoms with Gasteiger partial charge < -0.3 is 10.1 Å². The molecule has 0 spiro atoms. The van der Waals surface area contributed by atoms with Crippen molar-refractivity contribution in [2.24, 2.45) is 0 Å². The largest absolute Gasteiger partial charge is 0.379 e. The summed E-state index contributed by atoms with van der Waals surface area (Å²) in [5.41, 5.74) is 0.0313. The van der Waals surface area contributed by atoms with E-state index >= 15 is 0 Å². The van der Waals surface area contributed by atoms with Crippen molar-refractivity contribution in [2.75, 3.05) is 26.3 Å². The molecule has 2 aliphatic rings. The van der Waals surface area contributed by atoms with Crippen LogP contribution in [0.1, 0.15) is 31.3 Å².